The molecule has 2 heterocycles. The van der Waals surface area contributed by atoms with Crippen LogP contribution in [-0.4, -0.2) is 11.0 Å². The fraction of sp³-hybridized carbons (Fsp3) is 0.185. The van der Waals surface area contributed by atoms with E-state index < -0.39 is 0 Å². The minimum absolute atomic E-state index is 0.242. The van der Waals surface area contributed by atoms with Crippen molar-refractivity contribution in [2.45, 2.75) is 33.2 Å². The number of benzene rings is 3. The van der Waals surface area contributed by atoms with Gasteiger partial charge in [0.1, 0.15) is 0 Å². The average Bonchev–Trinajstić information content (AvgIpc) is 2.73. The highest BCUT2D eigenvalue weighted by molar-refractivity contribution is 5.95. The van der Waals surface area contributed by atoms with E-state index in [1.165, 1.54) is 38.4 Å². The Morgan fingerprint density at radius 1 is 0.828 bits per heavy atom. The van der Waals surface area contributed by atoms with Gasteiger partial charge in [-0.1, -0.05) is 72.3 Å². The molecule has 1 aromatic heterocycles. The maximum Gasteiger partial charge on any atom is 0.0969 e. The van der Waals surface area contributed by atoms with E-state index in [0.717, 1.165) is 23.0 Å². The van der Waals surface area contributed by atoms with Crippen LogP contribution < -0.4 is 10.6 Å². The zero-order valence-electron chi connectivity index (χ0n) is 17.1. The van der Waals surface area contributed by atoms with Gasteiger partial charge in [-0.3, -0.25) is 9.98 Å². The van der Waals surface area contributed by atoms with Crippen LogP contribution in [0.3, 0.4) is 0 Å². The molecule has 0 aliphatic carbocycles. The van der Waals surface area contributed by atoms with Gasteiger partial charge < -0.3 is 0 Å². The third-order valence-electron chi connectivity index (χ3n) is 5.71. The van der Waals surface area contributed by atoms with Gasteiger partial charge in [0.05, 0.1) is 16.9 Å². The molecule has 1 atom stereocenters. The largest absolute Gasteiger partial charge is 0.279 e. The van der Waals surface area contributed by atoms with E-state index in [0.29, 0.717) is 0 Å². The van der Waals surface area contributed by atoms with E-state index in [1.54, 1.807) is 0 Å². The summed E-state index contributed by atoms with van der Waals surface area (Å²) in [7, 11) is 0. The predicted molar refractivity (Wildman–Crippen MR) is 120 cm³/mol. The molecule has 0 bridgehead atoms. The van der Waals surface area contributed by atoms with Crippen molar-refractivity contribution in [1.82, 2.24) is 4.98 Å². The molecule has 2 nitrogen and oxygen atoms in total. The third-order valence-corrected chi connectivity index (χ3v) is 5.71. The number of aromatic nitrogens is 1. The second-order valence-corrected chi connectivity index (χ2v) is 8.07. The topological polar surface area (TPSA) is 25.2 Å². The van der Waals surface area contributed by atoms with Gasteiger partial charge in [-0.25, -0.2) is 0 Å². The van der Waals surface area contributed by atoms with Gasteiger partial charge in [-0.15, -0.1) is 0 Å². The maximum absolute atomic E-state index is 5.06. The third kappa shape index (κ3) is 3.15. The molecule has 3 aromatic carbocycles. The molecule has 0 spiro atoms. The Balaban J connectivity index is 1.89. The highest BCUT2D eigenvalue weighted by Crippen LogP contribution is 2.28. The highest BCUT2D eigenvalue weighted by Gasteiger charge is 2.17. The summed E-state index contributed by atoms with van der Waals surface area (Å²) >= 11 is 0. The first-order chi connectivity index (χ1) is 14.1. The molecule has 5 rings (SSSR count). The Labute approximate surface area is 171 Å². The van der Waals surface area contributed by atoms with Crippen LogP contribution in [0.5, 0.6) is 0 Å². The van der Waals surface area contributed by atoms with E-state index in [9.17, 15) is 0 Å². The molecule has 0 N–H and O–H groups in total. The first kappa shape index (κ1) is 17.8. The lowest BCUT2D eigenvalue weighted by atomic mass is 9.92. The summed E-state index contributed by atoms with van der Waals surface area (Å²) < 4.78 is 0. The SMILES string of the molecule is Cc1cccc(C2=c3ccc4c(-c5ccccc5)cc(C)nc4c3=NC(C)C2)c1. The monoisotopic (exact) mass is 376 g/mol. The zero-order valence-corrected chi connectivity index (χ0v) is 17.1. The van der Waals surface area contributed by atoms with Gasteiger partial charge in [0.2, 0.25) is 0 Å². The lowest BCUT2D eigenvalue weighted by Gasteiger charge is -2.18. The predicted octanol–water partition coefficient (Wildman–Crippen LogP) is 5.13. The summed E-state index contributed by atoms with van der Waals surface area (Å²) in [5.74, 6) is 0. The Hall–Kier alpha value is -3.26. The van der Waals surface area contributed by atoms with Gasteiger partial charge in [-0.05, 0) is 55.5 Å². The van der Waals surface area contributed by atoms with E-state index in [1.807, 2.05) is 0 Å². The quantitative estimate of drug-likeness (QED) is 0.476. The Morgan fingerprint density at radius 2 is 1.62 bits per heavy atom. The minimum Gasteiger partial charge on any atom is -0.279 e. The number of aryl methyl sites for hydroxylation is 2. The van der Waals surface area contributed by atoms with Crippen LogP contribution in [-0.2, 0) is 0 Å². The van der Waals surface area contributed by atoms with E-state index >= 15 is 0 Å². The molecule has 1 aliphatic heterocycles. The van der Waals surface area contributed by atoms with Crippen molar-refractivity contribution in [1.29, 1.82) is 0 Å². The number of fused-ring (bicyclic) bond motifs is 3. The van der Waals surface area contributed by atoms with Crippen molar-refractivity contribution in [3.8, 4) is 11.1 Å². The second kappa shape index (κ2) is 6.97. The molecule has 0 saturated carbocycles. The van der Waals surface area contributed by atoms with Crippen LogP contribution in [0.4, 0.5) is 0 Å². The summed E-state index contributed by atoms with van der Waals surface area (Å²) in [6.45, 7) is 6.42. The number of nitrogens with zero attached hydrogens (tertiary/aromatic N) is 2. The Kier molecular flexibility index (Phi) is 4.28. The second-order valence-electron chi connectivity index (χ2n) is 8.07. The van der Waals surface area contributed by atoms with Crippen molar-refractivity contribution >= 4 is 16.5 Å². The fourth-order valence-corrected chi connectivity index (χ4v) is 4.41. The molecule has 2 heteroatoms. The molecule has 0 radical (unpaired) electrons. The lowest BCUT2D eigenvalue weighted by Crippen LogP contribution is -2.35. The number of pyridine rings is 1. The van der Waals surface area contributed by atoms with Gasteiger partial charge >= 0.3 is 0 Å². The van der Waals surface area contributed by atoms with Crippen molar-refractivity contribution in [3.63, 3.8) is 0 Å². The van der Waals surface area contributed by atoms with Crippen molar-refractivity contribution in [3.05, 3.63) is 100 Å². The normalized spacial score (nSPS) is 15.8. The fourth-order valence-electron chi connectivity index (χ4n) is 4.41. The molecule has 1 unspecified atom stereocenters. The summed E-state index contributed by atoms with van der Waals surface area (Å²) in [5.41, 5.74) is 8.43. The molecule has 0 fully saturated rings. The first-order valence-electron chi connectivity index (χ1n) is 10.2. The van der Waals surface area contributed by atoms with Crippen molar-refractivity contribution < 1.29 is 0 Å². The molecule has 0 amide bonds. The Bertz CT molecular complexity index is 1350. The Morgan fingerprint density at radius 3 is 2.41 bits per heavy atom. The summed E-state index contributed by atoms with van der Waals surface area (Å²) in [6, 6.07) is 26.2. The summed E-state index contributed by atoms with van der Waals surface area (Å²) in [6.07, 6.45) is 0.958. The van der Waals surface area contributed by atoms with Crippen LogP contribution in [0, 0.1) is 13.8 Å². The van der Waals surface area contributed by atoms with Gasteiger partial charge in [0.15, 0.2) is 0 Å². The molecular formula is C27H24N2. The van der Waals surface area contributed by atoms with Crippen LogP contribution >= 0.6 is 0 Å². The van der Waals surface area contributed by atoms with E-state index in [4.69, 9.17) is 9.98 Å². The standard InChI is InChI=1S/C27H24N2/c1-17-8-7-11-21(14-17)25-16-19(3)29-27-23(25)13-12-22-24(15-18(2)28-26(22)27)20-9-5-4-6-10-20/h4-15,19H,16H2,1-3H3. The smallest absolute Gasteiger partial charge is 0.0969 e. The number of rotatable bonds is 2. The lowest BCUT2D eigenvalue weighted by molar-refractivity contribution is 0.729. The van der Waals surface area contributed by atoms with E-state index in [-0.39, 0.29) is 6.04 Å². The van der Waals surface area contributed by atoms with Crippen molar-refractivity contribution in [2.75, 3.05) is 0 Å². The highest BCUT2D eigenvalue weighted by atomic mass is 14.8. The van der Waals surface area contributed by atoms with Crippen LogP contribution in [0.1, 0.15) is 30.2 Å². The molecule has 0 saturated heterocycles. The number of hydrogen-bond donors (Lipinski definition) is 0. The molecule has 4 aromatic rings. The maximum atomic E-state index is 5.06. The average molecular weight is 377 g/mol. The minimum atomic E-state index is 0.242. The summed E-state index contributed by atoms with van der Waals surface area (Å²) in [4.78, 5) is 10.0. The summed E-state index contributed by atoms with van der Waals surface area (Å²) in [5, 5.41) is 3.43. The molecule has 1 aliphatic rings. The van der Waals surface area contributed by atoms with Crippen molar-refractivity contribution in [2.24, 2.45) is 4.99 Å². The zero-order chi connectivity index (χ0) is 20.0. The molecule has 142 valence electrons. The molecule has 29 heavy (non-hydrogen) atoms. The molecular weight excluding hydrogens is 352 g/mol. The van der Waals surface area contributed by atoms with Gasteiger partial charge in [-0.2, -0.15) is 0 Å². The van der Waals surface area contributed by atoms with E-state index in [2.05, 4.69) is 93.6 Å². The number of hydrogen-bond acceptors (Lipinski definition) is 2. The van der Waals surface area contributed by atoms with Crippen LogP contribution in [0.25, 0.3) is 27.6 Å². The van der Waals surface area contributed by atoms with Crippen LogP contribution in [0.2, 0.25) is 0 Å². The van der Waals surface area contributed by atoms with Crippen LogP contribution in [0.15, 0.2) is 77.8 Å². The van der Waals surface area contributed by atoms with Gasteiger partial charge in [0, 0.05) is 16.3 Å². The first-order valence-corrected chi connectivity index (χ1v) is 10.2. The van der Waals surface area contributed by atoms with Gasteiger partial charge in [0.25, 0.3) is 0 Å².